The van der Waals surface area contributed by atoms with Gasteiger partial charge in [-0.3, -0.25) is 0 Å². The molecule has 0 aliphatic heterocycles. The maximum atomic E-state index is 13.8. The number of hydrogen-bond donors (Lipinski definition) is 2. The van der Waals surface area contributed by atoms with Gasteiger partial charge in [-0.25, -0.2) is 4.39 Å². The molecule has 0 aliphatic rings. The summed E-state index contributed by atoms with van der Waals surface area (Å²) in [5, 5.41) is 3.09. The second kappa shape index (κ2) is 6.19. The monoisotopic (exact) mass is 354 g/mol. The molecule has 0 unspecified atom stereocenters. The second-order valence-corrected chi connectivity index (χ2v) is 5.33. The highest BCUT2D eigenvalue weighted by Crippen LogP contribution is 2.29. The van der Waals surface area contributed by atoms with Gasteiger partial charge < -0.3 is 15.8 Å². The van der Waals surface area contributed by atoms with Crippen LogP contribution in [-0.4, -0.2) is 12.1 Å². The van der Waals surface area contributed by atoms with Crippen LogP contribution in [0.3, 0.4) is 0 Å². The van der Waals surface area contributed by atoms with Crippen LogP contribution in [0.4, 0.5) is 15.8 Å². The first-order chi connectivity index (χ1) is 9.51. The molecule has 0 amide bonds. The molecule has 2 aromatic rings. The Morgan fingerprint density at radius 3 is 2.50 bits per heavy atom. The molecule has 0 radical (unpaired) electrons. The molecule has 20 heavy (non-hydrogen) atoms. The summed E-state index contributed by atoms with van der Waals surface area (Å²) >= 11 is 8.14. The van der Waals surface area contributed by atoms with Crippen molar-refractivity contribution >= 4 is 44.5 Å². The maximum Gasteiger partial charge on any atom is 0.135 e. The van der Waals surface area contributed by atoms with Crippen molar-refractivity contribution < 1.29 is 9.13 Å². The first-order valence-electron chi connectivity index (χ1n) is 5.71. The van der Waals surface area contributed by atoms with Gasteiger partial charge in [0.15, 0.2) is 0 Å². The van der Waals surface area contributed by atoms with Crippen LogP contribution in [0.15, 0.2) is 40.9 Å². The normalized spacial score (nSPS) is 10.2. The van der Waals surface area contributed by atoms with E-state index < -0.39 is 5.82 Å². The van der Waals surface area contributed by atoms with Crippen molar-refractivity contribution in [3.63, 3.8) is 0 Å². The Morgan fingerprint density at radius 2 is 1.90 bits per heavy atom. The number of anilines is 2. The SMILES string of the molecule is COc1cc(Nc2ccc(C(N)=S)c(F)c2)ccc1Br. The van der Waals surface area contributed by atoms with E-state index in [0.717, 1.165) is 10.2 Å². The lowest BCUT2D eigenvalue weighted by molar-refractivity contribution is 0.412. The van der Waals surface area contributed by atoms with E-state index in [9.17, 15) is 4.39 Å². The van der Waals surface area contributed by atoms with Crippen LogP contribution in [0.1, 0.15) is 5.56 Å². The zero-order valence-corrected chi connectivity index (χ0v) is 13.0. The van der Waals surface area contributed by atoms with Crippen LogP contribution >= 0.6 is 28.1 Å². The molecule has 0 atom stereocenters. The lowest BCUT2D eigenvalue weighted by Crippen LogP contribution is -2.11. The minimum Gasteiger partial charge on any atom is -0.495 e. The number of benzene rings is 2. The minimum atomic E-state index is -0.452. The number of nitrogens with one attached hydrogen (secondary N) is 1. The summed E-state index contributed by atoms with van der Waals surface area (Å²) in [5.41, 5.74) is 7.04. The maximum absolute atomic E-state index is 13.8. The van der Waals surface area contributed by atoms with E-state index in [1.807, 2.05) is 18.2 Å². The van der Waals surface area contributed by atoms with Gasteiger partial charge >= 0.3 is 0 Å². The van der Waals surface area contributed by atoms with Gasteiger partial charge in [-0.1, -0.05) is 12.2 Å². The lowest BCUT2D eigenvalue weighted by Gasteiger charge is -2.10. The predicted molar refractivity (Wildman–Crippen MR) is 86.3 cm³/mol. The number of rotatable bonds is 4. The van der Waals surface area contributed by atoms with Gasteiger partial charge in [0, 0.05) is 23.0 Å². The molecule has 2 rings (SSSR count). The first-order valence-corrected chi connectivity index (χ1v) is 6.91. The van der Waals surface area contributed by atoms with Gasteiger partial charge in [-0.05, 0) is 46.3 Å². The number of methoxy groups -OCH3 is 1. The van der Waals surface area contributed by atoms with E-state index in [4.69, 9.17) is 22.7 Å². The molecule has 0 spiro atoms. The Kier molecular flexibility index (Phi) is 4.57. The molecule has 0 heterocycles. The highest BCUT2D eigenvalue weighted by atomic mass is 79.9. The largest absolute Gasteiger partial charge is 0.495 e. The van der Waals surface area contributed by atoms with Gasteiger partial charge in [0.2, 0.25) is 0 Å². The Bertz CT molecular complexity index is 664. The van der Waals surface area contributed by atoms with E-state index in [-0.39, 0.29) is 10.6 Å². The molecule has 6 heteroatoms. The zero-order chi connectivity index (χ0) is 14.7. The molecule has 2 aromatic carbocycles. The standard InChI is InChI=1S/C14H12BrFN2OS/c1-19-13-7-9(3-5-11(13)15)18-8-2-4-10(14(17)20)12(16)6-8/h2-7,18H,1H3,(H2,17,20). The van der Waals surface area contributed by atoms with Gasteiger partial charge in [0.05, 0.1) is 11.6 Å². The summed E-state index contributed by atoms with van der Waals surface area (Å²) in [5.74, 6) is 0.238. The summed E-state index contributed by atoms with van der Waals surface area (Å²) in [6, 6.07) is 10.1. The number of hydrogen-bond acceptors (Lipinski definition) is 3. The highest BCUT2D eigenvalue weighted by molar-refractivity contribution is 9.10. The van der Waals surface area contributed by atoms with Gasteiger partial charge in [-0.2, -0.15) is 0 Å². The quantitative estimate of drug-likeness (QED) is 0.815. The van der Waals surface area contributed by atoms with Crippen LogP contribution < -0.4 is 15.8 Å². The fraction of sp³-hybridized carbons (Fsp3) is 0.0714. The Hall–Kier alpha value is -1.66. The van der Waals surface area contributed by atoms with Crippen LogP contribution in [0.2, 0.25) is 0 Å². The van der Waals surface area contributed by atoms with Crippen LogP contribution in [0.25, 0.3) is 0 Å². The van der Waals surface area contributed by atoms with Crippen molar-refractivity contribution in [3.8, 4) is 5.75 Å². The van der Waals surface area contributed by atoms with E-state index in [1.54, 1.807) is 19.2 Å². The van der Waals surface area contributed by atoms with Crippen molar-refractivity contribution in [2.24, 2.45) is 5.73 Å². The molecule has 0 aliphatic carbocycles. The van der Waals surface area contributed by atoms with Gasteiger partial charge in [0.1, 0.15) is 16.6 Å². The Morgan fingerprint density at radius 1 is 1.25 bits per heavy atom. The summed E-state index contributed by atoms with van der Waals surface area (Å²) in [6.45, 7) is 0. The van der Waals surface area contributed by atoms with E-state index >= 15 is 0 Å². The lowest BCUT2D eigenvalue weighted by atomic mass is 10.2. The molecule has 3 N–H and O–H groups in total. The first kappa shape index (κ1) is 14.7. The third-order valence-electron chi connectivity index (χ3n) is 2.67. The van der Waals surface area contributed by atoms with Crippen molar-refractivity contribution in [1.29, 1.82) is 0 Å². The minimum absolute atomic E-state index is 0.0411. The Labute approximate surface area is 130 Å². The van der Waals surface area contributed by atoms with Gasteiger partial charge in [-0.15, -0.1) is 0 Å². The van der Waals surface area contributed by atoms with E-state index in [2.05, 4.69) is 21.2 Å². The molecule has 0 aromatic heterocycles. The fourth-order valence-electron chi connectivity index (χ4n) is 1.70. The number of ether oxygens (including phenoxy) is 1. The molecule has 104 valence electrons. The Balaban J connectivity index is 2.26. The average molecular weight is 355 g/mol. The highest BCUT2D eigenvalue weighted by Gasteiger charge is 2.07. The van der Waals surface area contributed by atoms with Crippen LogP contribution in [-0.2, 0) is 0 Å². The molecule has 3 nitrogen and oxygen atoms in total. The molecule has 0 saturated carbocycles. The smallest absolute Gasteiger partial charge is 0.135 e. The molecule has 0 bridgehead atoms. The van der Waals surface area contributed by atoms with Crippen molar-refractivity contribution in [2.45, 2.75) is 0 Å². The number of nitrogens with two attached hydrogens (primary N) is 1. The molecular formula is C14H12BrFN2OS. The van der Waals surface area contributed by atoms with Crippen molar-refractivity contribution in [1.82, 2.24) is 0 Å². The predicted octanol–water partition coefficient (Wildman–Crippen LogP) is 3.97. The topological polar surface area (TPSA) is 47.3 Å². The molecular weight excluding hydrogens is 343 g/mol. The summed E-state index contributed by atoms with van der Waals surface area (Å²) < 4.78 is 19.8. The van der Waals surface area contributed by atoms with Gasteiger partial charge in [0.25, 0.3) is 0 Å². The molecule has 0 saturated heterocycles. The third kappa shape index (κ3) is 3.26. The van der Waals surface area contributed by atoms with Crippen LogP contribution in [0, 0.1) is 5.82 Å². The third-order valence-corrected chi connectivity index (χ3v) is 3.55. The van der Waals surface area contributed by atoms with Crippen LogP contribution in [0.5, 0.6) is 5.75 Å². The van der Waals surface area contributed by atoms with Crippen molar-refractivity contribution in [3.05, 3.63) is 52.3 Å². The molecule has 0 fully saturated rings. The zero-order valence-electron chi connectivity index (χ0n) is 10.6. The summed E-state index contributed by atoms with van der Waals surface area (Å²) in [4.78, 5) is 0.0411. The van der Waals surface area contributed by atoms with E-state index in [1.165, 1.54) is 6.07 Å². The summed E-state index contributed by atoms with van der Waals surface area (Å²) in [7, 11) is 1.58. The van der Waals surface area contributed by atoms with Crippen molar-refractivity contribution in [2.75, 3.05) is 12.4 Å². The number of thiocarbonyl (C=S) groups is 1. The second-order valence-electron chi connectivity index (χ2n) is 4.03. The number of halogens is 2. The fourth-order valence-corrected chi connectivity index (χ4v) is 2.27. The average Bonchev–Trinajstić information content (AvgIpc) is 2.40. The summed E-state index contributed by atoms with van der Waals surface area (Å²) in [6.07, 6.45) is 0. The van der Waals surface area contributed by atoms with E-state index in [0.29, 0.717) is 11.4 Å².